The van der Waals surface area contributed by atoms with Gasteiger partial charge in [-0.25, -0.2) is 4.90 Å². The number of anilines is 2. The van der Waals surface area contributed by atoms with Crippen LogP contribution in [-0.2, 0) is 9.59 Å². The number of hydrogen-bond donors (Lipinski definition) is 1. The highest BCUT2D eigenvalue weighted by molar-refractivity contribution is 6.23. The van der Waals surface area contributed by atoms with E-state index in [4.69, 9.17) is 0 Å². The van der Waals surface area contributed by atoms with Gasteiger partial charge in [0.25, 0.3) is 5.69 Å². The molecular formula is C21H23N3O5. The summed E-state index contributed by atoms with van der Waals surface area (Å²) in [6, 6.07) is 4.62. The molecule has 8 nitrogen and oxygen atoms in total. The number of piperidine rings is 1. The van der Waals surface area contributed by atoms with Crippen molar-refractivity contribution in [3.8, 4) is 0 Å². The van der Waals surface area contributed by atoms with Crippen LogP contribution in [0.3, 0.4) is 0 Å². The van der Waals surface area contributed by atoms with Crippen molar-refractivity contribution in [3.63, 3.8) is 0 Å². The van der Waals surface area contributed by atoms with E-state index >= 15 is 0 Å². The first-order valence-electron chi connectivity index (χ1n) is 10.2. The predicted octanol–water partition coefficient (Wildman–Crippen LogP) is 2.12. The molecule has 29 heavy (non-hydrogen) atoms. The molecule has 2 bridgehead atoms. The summed E-state index contributed by atoms with van der Waals surface area (Å²) in [5, 5.41) is 21.2. The molecule has 5 atom stereocenters. The van der Waals surface area contributed by atoms with Crippen LogP contribution < -0.4 is 9.80 Å². The van der Waals surface area contributed by atoms with Gasteiger partial charge < -0.3 is 10.0 Å². The van der Waals surface area contributed by atoms with Gasteiger partial charge in [0.1, 0.15) is 5.69 Å². The molecule has 0 radical (unpaired) electrons. The molecule has 1 aromatic rings. The van der Waals surface area contributed by atoms with E-state index in [-0.39, 0.29) is 59.4 Å². The molecule has 2 aliphatic carbocycles. The SMILES string of the molecule is O=C1[C@@H]2[C@H](C(=O)N1c1ccc(N3CCC[C@H](CO)C3)c([N+](=O)[O-])c1)[C@H]1C=C[C@H]2C1. The molecule has 8 heteroatoms. The fourth-order valence-electron chi connectivity index (χ4n) is 5.65. The number of benzene rings is 1. The van der Waals surface area contributed by atoms with Crippen molar-refractivity contribution >= 4 is 28.9 Å². The minimum absolute atomic E-state index is 0.0539. The van der Waals surface area contributed by atoms with Crippen LogP contribution in [-0.4, -0.2) is 41.5 Å². The topological polar surface area (TPSA) is 104 Å². The lowest BCUT2D eigenvalue weighted by Crippen LogP contribution is -2.37. The maximum atomic E-state index is 13.0. The number of carbonyl (C=O) groups is 2. The molecule has 0 aromatic heterocycles. The van der Waals surface area contributed by atoms with Crippen LogP contribution in [0.4, 0.5) is 17.1 Å². The Morgan fingerprint density at radius 2 is 1.83 bits per heavy atom. The van der Waals surface area contributed by atoms with Crippen LogP contribution in [0.5, 0.6) is 0 Å². The van der Waals surface area contributed by atoms with Gasteiger partial charge in [-0.3, -0.25) is 19.7 Å². The zero-order valence-corrected chi connectivity index (χ0v) is 15.9. The van der Waals surface area contributed by atoms with E-state index in [1.54, 1.807) is 12.1 Å². The normalized spacial score (nSPS) is 32.9. The van der Waals surface area contributed by atoms with E-state index in [1.807, 2.05) is 17.1 Å². The second-order valence-electron chi connectivity index (χ2n) is 8.58. The number of aliphatic hydroxyl groups is 1. The highest BCUT2D eigenvalue weighted by Gasteiger charge is 2.59. The Kier molecular flexibility index (Phi) is 4.20. The molecule has 1 N–H and O–H groups in total. The highest BCUT2D eigenvalue weighted by atomic mass is 16.6. The van der Waals surface area contributed by atoms with Gasteiger partial charge >= 0.3 is 0 Å². The smallest absolute Gasteiger partial charge is 0.294 e. The first-order chi connectivity index (χ1) is 14.0. The maximum Gasteiger partial charge on any atom is 0.294 e. The standard InChI is InChI=1S/C21H23N3O5/c25-11-12-2-1-7-22(10-12)16-6-5-15(9-17(16)24(28)29)23-20(26)18-13-3-4-14(8-13)19(18)21(23)27/h3-6,9,12-14,18-19,25H,1-2,7-8,10-11H2/t12-,13-,14-,18-,19+/m0/s1. The fourth-order valence-corrected chi connectivity index (χ4v) is 5.65. The fraction of sp³-hybridized carbons (Fsp3) is 0.524. The van der Waals surface area contributed by atoms with Gasteiger partial charge in [-0.2, -0.15) is 0 Å². The number of nitro groups is 1. The summed E-state index contributed by atoms with van der Waals surface area (Å²) >= 11 is 0. The summed E-state index contributed by atoms with van der Waals surface area (Å²) in [6.07, 6.45) is 6.65. The number of imide groups is 1. The number of nitro benzene ring substituents is 1. The number of carbonyl (C=O) groups excluding carboxylic acids is 2. The van der Waals surface area contributed by atoms with Crippen molar-refractivity contribution in [2.75, 3.05) is 29.5 Å². The molecule has 2 amide bonds. The summed E-state index contributed by atoms with van der Waals surface area (Å²) in [5.74, 6) is -0.845. The Labute approximate surface area is 167 Å². The third-order valence-corrected chi connectivity index (χ3v) is 7.00. The van der Waals surface area contributed by atoms with E-state index in [0.717, 1.165) is 24.2 Å². The zero-order chi connectivity index (χ0) is 20.3. The average Bonchev–Trinajstić information content (AvgIpc) is 3.41. The lowest BCUT2D eigenvalue weighted by molar-refractivity contribution is -0.384. The van der Waals surface area contributed by atoms with Gasteiger partial charge in [0.05, 0.1) is 22.4 Å². The molecule has 0 spiro atoms. The summed E-state index contributed by atoms with van der Waals surface area (Å²) in [6.45, 7) is 1.28. The maximum absolute atomic E-state index is 13.0. The predicted molar refractivity (Wildman–Crippen MR) is 105 cm³/mol. The Morgan fingerprint density at radius 1 is 1.14 bits per heavy atom. The molecule has 2 aliphatic heterocycles. The summed E-state index contributed by atoms with van der Waals surface area (Å²) in [7, 11) is 0. The molecule has 4 aliphatic rings. The zero-order valence-electron chi connectivity index (χ0n) is 15.9. The lowest BCUT2D eigenvalue weighted by Gasteiger charge is -2.33. The van der Waals surface area contributed by atoms with Gasteiger partial charge in [0.15, 0.2) is 0 Å². The van der Waals surface area contributed by atoms with Crippen molar-refractivity contribution in [1.29, 1.82) is 0 Å². The third kappa shape index (κ3) is 2.69. The number of fused-ring (bicyclic) bond motifs is 5. The molecular weight excluding hydrogens is 374 g/mol. The van der Waals surface area contributed by atoms with Crippen LogP contribution in [0.1, 0.15) is 19.3 Å². The Bertz CT molecular complexity index is 899. The van der Waals surface area contributed by atoms with Crippen molar-refractivity contribution in [3.05, 3.63) is 40.5 Å². The summed E-state index contributed by atoms with van der Waals surface area (Å²) < 4.78 is 0. The second-order valence-corrected chi connectivity index (χ2v) is 8.58. The average molecular weight is 397 g/mol. The monoisotopic (exact) mass is 397 g/mol. The number of rotatable bonds is 4. The van der Waals surface area contributed by atoms with Crippen molar-refractivity contribution in [2.24, 2.45) is 29.6 Å². The molecule has 0 unspecified atom stereocenters. The third-order valence-electron chi connectivity index (χ3n) is 7.00. The number of aliphatic hydroxyl groups excluding tert-OH is 1. The van der Waals surface area contributed by atoms with Crippen molar-refractivity contribution < 1.29 is 19.6 Å². The minimum atomic E-state index is -0.460. The van der Waals surface area contributed by atoms with Gasteiger partial charge in [-0.1, -0.05) is 12.2 Å². The number of hydrogen-bond acceptors (Lipinski definition) is 6. The van der Waals surface area contributed by atoms with Crippen LogP contribution in [0, 0.1) is 39.7 Å². The molecule has 2 heterocycles. The van der Waals surface area contributed by atoms with Crippen LogP contribution in [0.2, 0.25) is 0 Å². The van der Waals surface area contributed by atoms with E-state index < -0.39 is 4.92 Å². The molecule has 152 valence electrons. The van der Waals surface area contributed by atoms with E-state index in [0.29, 0.717) is 18.8 Å². The van der Waals surface area contributed by atoms with Gasteiger partial charge in [0.2, 0.25) is 11.8 Å². The van der Waals surface area contributed by atoms with Gasteiger partial charge in [0, 0.05) is 25.8 Å². The van der Waals surface area contributed by atoms with Gasteiger partial charge in [-0.05, 0) is 49.1 Å². The number of nitrogens with zero attached hydrogens (tertiary/aromatic N) is 3. The molecule has 1 aromatic carbocycles. The van der Waals surface area contributed by atoms with Crippen LogP contribution in [0.25, 0.3) is 0 Å². The van der Waals surface area contributed by atoms with E-state index in [2.05, 4.69) is 0 Å². The molecule has 5 rings (SSSR count). The van der Waals surface area contributed by atoms with Gasteiger partial charge in [-0.15, -0.1) is 0 Å². The van der Waals surface area contributed by atoms with Crippen LogP contribution in [0.15, 0.2) is 30.4 Å². The first kappa shape index (κ1) is 18.3. The van der Waals surface area contributed by atoms with Crippen LogP contribution >= 0.6 is 0 Å². The summed E-state index contributed by atoms with van der Waals surface area (Å²) in [5.41, 5.74) is 0.637. The largest absolute Gasteiger partial charge is 0.396 e. The Morgan fingerprint density at radius 3 is 2.45 bits per heavy atom. The minimum Gasteiger partial charge on any atom is -0.396 e. The molecule has 3 fully saturated rings. The first-order valence-corrected chi connectivity index (χ1v) is 10.2. The Hall–Kier alpha value is -2.74. The Balaban J connectivity index is 1.48. The van der Waals surface area contributed by atoms with E-state index in [9.17, 15) is 24.8 Å². The highest BCUT2D eigenvalue weighted by Crippen LogP contribution is 2.53. The van der Waals surface area contributed by atoms with E-state index in [1.165, 1.54) is 6.07 Å². The quantitative estimate of drug-likeness (QED) is 0.361. The summed E-state index contributed by atoms with van der Waals surface area (Å²) in [4.78, 5) is 40.4. The van der Waals surface area contributed by atoms with Crippen molar-refractivity contribution in [1.82, 2.24) is 0 Å². The number of allylic oxidation sites excluding steroid dienone is 2. The van der Waals surface area contributed by atoms with Crippen molar-refractivity contribution in [2.45, 2.75) is 19.3 Å². The molecule has 1 saturated carbocycles. The molecule has 2 saturated heterocycles. The number of amides is 2. The lowest BCUT2D eigenvalue weighted by atomic mass is 9.85. The second kappa shape index (κ2) is 6.66.